The van der Waals surface area contributed by atoms with Gasteiger partial charge in [-0.25, -0.2) is 0 Å². The van der Waals surface area contributed by atoms with Crippen LogP contribution in [0.2, 0.25) is 0 Å². The second kappa shape index (κ2) is 5.36. The van der Waals surface area contributed by atoms with E-state index in [4.69, 9.17) is 0 Å². The van der Waals surface area contributed by atoms with Crippen LogP contribution in [0.25, 0.3) is 0 Å². The predicted molar refractivity (Wildman–Crippen MR) is 76.2 cm³/mol. The molecule has 2 unspecified atom stereocenters. The van der Waals surface area contributed by atoms with Gasteiger partial charge >= 0.3 is 0 Å². The zero-order valence-electron chi connectivity index (χ0n) is 12.2. The van der Waals surface area contributed by atoms with Crippen molar-refractivity contribution in [3.63, 3.8) is 0 Å². The largest absolute Gasteiger partial charge is 0.311 e. The minimum atomic E-state index is 0.153. The first-order valence-electron chi connectivity index (χ1n) is 6.55. The van der Waals surface area contributed by atoms with Crippen molar-refractivity contribution in [1.82, 2.24) is 10.6 Å². The third-order valence-electron chi connectivity index (χ3n) is 2.72. The number of allylic oxidation sites excluding steroid dienone is 2. The highest BCUT2D eigenvalue weighted by molar-refractivity contribution is 5.18. The maximum atomic E-state index is 3.67. The zero-order valence-corrected chi connectivity index (χ0v) is 12.2. The SMILES string of the molecule is CC(C)(C)NCC1C=CC=CC1NC(C)(C)C. The van der Waals surface area contributed by atoms with Crippen molar-refractivity contribution in [3.8, 4) is 0 Å². The summed E-state index contributed by atoms with van der Waals surface area (Å²) in [6, 6.07) is 0.426. The molecule has 98 valence electrons. The Balaban J connectivity index is 2.56. The molecular weight excluding hydrogens is 208 g/mol. The molecule has 0 aliphatic heterocycles. The maximum Gasteiger partial charge on any atom is 0.0333 e. The Labute approximate surface area is 107 Å². The number of rotatable bonds is 3. The molecule has 0 saturated carbocycles. The Hall–Kier alpha value is -0.600. The fraction of sp³-hybridized carbons (Fsp3) is 0.733. The normalized spacial score (nSPS) is 25.3. The van der Waals surface area contributed by atoms with Gasteiger partial charge in [0, 0.05) is 29.6 Å². The lowest BCUT2D eigenvalue weighted by atomic mass is 9.91. The van der Waals surface area contributed by atoms with Gasteiger partial charge in [-0.1, -0.05) is 24.3 Å². The van der Waals surface area contributed by atoms with E-state index >= 15 is 0 Å². The lowest BCUT2D eigenvalue weighted by molar-refractivity contribution is 0.316. The Morgan fingerprint density at radius 3 is 2.00 bits per heavy atom. The molecule has 0 aromatic rings. The fourth-order valence-corrected chi connectivity index (χ4v) is 1.93. The van der Waals surface area contributed by atoms with Crippen LogP contribution in [0.5, 0.6) is 0 Å². The number of hydrogen-bond donors (Lipinski definition) is 2. The smallest absolute Gasteiger partial charge is 0.0333 e. The Bertz CT molecular complexity index is 289. The molecule has 0 bridgehead atoms. The molecule has 0 radical (unpaired) electrons. The van der Waals surface area contributed by atoms with Crippen molar-refractivity contribution in [2.75, 3.05) is 6.54 Å². The van der Waals surface area contributed by atoms with Crippen molar-refractivity contribution in [2.45, 2.75) is 58.7 Å². The van der Waals surface area contributed by atoms with Crippen LogP contribution in [0.15, 0.2) is 24.3 Å². The molecule has 0 aromatic heterocycles. The highest BCUT2D eigenvalue weighted by atomic mass is 15.0. The second-order valence-electron chi connectivity index (χ2n) is 6.98. The average Bonchev–Trinajstić information content (AvgIpc) is 2.12. The highest BCUT2D eigenvalue weighted by Crippen LogP contribution is 2.16. The molecule has 2 atom stereocenters. The first-order chi connectivity index (χ1) is 7.67. The van der Waals surface area contributed by atoms with E-state index in [1.165, 1.54) is 0 Å². The average molecular weight is 236 g/mol. The van der Waals surface area contributed by atoms with Gasteiger partial charge < -0.3 is 10.6 Å². The molecule has 0 amide bonds. The molecule has 1 aliphatic carbocycles. The van der Waals surface area contributed by atoms with Crippen molar-refractivity contribution in [2.24, 2.45) is 5.92 Å². The summed E-state index contributed by atoms with van der Waals surface area (Å²) in [5.41, 5.74) is 0.335. The first-order valence-corrected chi connectivity index (χ1v) is 6.55. The van der Waals surface area contributed by atoms with E-state index < -0.39 is 0 Å². The molecule has 0 saturated heterocycles. The van der Waals surface area contributed by atoms with E-state index in [1.54, 1.807) is 0 Å². The van der Waals surface area contributed by atoms with Crippen LogP contribution in [0, 0.1) is 5.92 Å². The van der Waals surface area contributed by atoms with Gasteiger partial charge in [0.15, 0.2) is 0 Å². The third-order valence-corrected chi connectivity index (χ3v) is 2.72. The van der Waals surface area contributed by atoms with Crippen LogP contribution in [0.3, 0.4) is 0 Å². The summed E-state index contributed by atoms with van der Waals surface area (Å²) in [5.74, 6) is 0.526. The van der Waals surface area contributed by atoms with Gasteiger partial charge in [0.1, 0.15) is 0 Å². The van der Waals surface area contributed by atoms with Gasteiger partial charge in [-0.2, -0.15) is 0 Å². The van der Waals surface area contributed by atoms with E-state index in [-0.39, 0.29) is 11.1 Å². The van der Waals surface area contributed by atoms with Crippen molar-refractivity contribution >= 4 is 0 Å². The van der Waals surface area contributed by atoms with E-state index in [2.05, 4.69) is 76.5 Å². The molecule has 2 heteroatoms. The van der Waals surface area contributed by atoms with Gasteiger partial charge in [-0.05, 0) is 41.5 Å². The molecule has 0 aromatic carbocycles. The van der Waals surface area contributed by atoms with E-state index in [9.17, 15) is 0 Å². The van der Waals surface area contributed by atoms with Crippen LogP contribution in [0.1, 0.15) is 41.5 Å². The van der Waals surface area contributed by atoms with E-state index in [0.717, 1.165) is 6.54 Å². The van der Waals surface area contributed by atoms with Crippen LogP contribution in [-0.4, -0.2) is 23.7 Å². The van der Waals surface area contributed by atoms with E-state index in [0.29, 0.717) is 12.0 Å². The molecule has 0 fully saturated rings. The molecular formula is C15H28N2. The summed E-state index contributed by atoms with van der Waals surface area (Å²) in [4.78, 5) is 0. The summed E-state index contributed by atoms with van der Waals surface area (Å²) < 4.78 is 0. The van der Waals surface area contributed by atoms with Crippen LogP contribution in [-0.2, 0) is 0 Å². The van der Waals surface area contributed by atoms with E-state index in [1.807, 2.05) is 0 Å². The minimum Gasteiger partial charge on any atom is -0.311 e. The molecule has 1 rings (SSSR count). The lowest BCUT2D eigenvalue weighted by Gasteiger charge is -2.34. The van der Waals surface area contributed by atoms with Gasteiger partial charge in [-0.3, -0.25) is 0 Å². The van der Waals surface area contributed by atoms with Gasteiger partial charge in [0.2, 0.25) is 0 Å². The first kappa shape index (κ1) is 14.5. The third kappa shape index (κ3) is 6.04. The fourth-order valence-electron chi connectivity index (χ4n) is 1.93. The maximum absolute atomic E-state index is 3.67. The quantitative estimate of drug-likeness (QED) is 0.787. The number of nitrogens with one attached hydrogen (secondary N) is 2. The summed E-state index contributed by atoms with van der Waals surface area (Å²) in [7, 11) is 0. The van der Waals surface area contributed by atoms with Gasteiger partial charge in [-0.15, -0.1) is 0 Å². The summed E-state index contributed by atoms with van der Waals surface area (Å²) in [6.07, 6.45) is 8.84. The molecule has 0 spiro atoms. The summed E-state index contributed by atoms with van der Waals surface area (Å²) >= 11 is 0. The standard InChI is InChI=1S/C15H28N2/c1-14(2,3)16-11-12-9-7-8-10-13(12)17-15(4,5)6/h7-10,12-13,16-17H,11H2,1-6H3. The van der Waals surface area contributed by atoms with Crippen molar-refractivity contribution in [1.29, 1.82) is 0 Å². The molecule has 0 heterocycles. The van der Waals surface area contributed by atoms with Crippen LogP contribution in [0.4, 0.5) is 0 Å². The predicted octanol–water partition coefficient (Wildman–Crippen LogP) is 2.87. The molecule has 1 aliphatic rings. The monoisotopic (exact) mass is 236 g/mol. The summed E-state index contributed by atoms with van der Waals surface area (Å²) in [5, 5.41) is 7.25. The van der Waals surface area contributed by atoms with Crippen LogP contribution >= 0.6 is 0 Å². The zero-order chi connectivity index (χ0) is 13.1. The molecule has 2 N–H and O–H groups in total. The van der Waals surface area contributed by atoms with Crippen molar-refractivity contribution < 1.29 is 0 Å². The van der Waals surface area contributed by atoms with Gasteiger partial charge in [0.05, 0.1) is 0 Å². The highest BCUT2D eigenvalue weighted by Gasteiger charge is 2.24. The second-order valence-corrected chi connectivity index (χ2v) is 6.98. The Morgan fingerprint density at radius 2 is 1.47 bits per heavy atom. The topological polar surface area (TPSA) is 24.1 Å². The Kier molecular flexibility index (Phi) is 4.56. The molecule has 2 nitrogen and oxygen atoms in total. The van der Waals surface area contributed by atoms with Crippen molar-refractivity contribution in [3.05, 3.63) is 24.3 Å². The minimum absolute atomic E-state index is 0.153. The van der Waals surface area contributed by atoms with Crippen LogP contribution < -0.4 is 10.6 Å². The Morgan fingerprint density at radius 1 is 0.882 bits per heavy atom. The van der Waals surface area contributed by atoms with Gasteiger partial charge in [0.25, 0.3) is 0 Å². The number of hydrogen-bond acceptors (Lipinski definition) is 2. The lowest BCUT2D eigenvalue weighted by Crippen LogP contribution is -2.50. The summed E-state index contributed by atoms with van der Waals surface area (Å²) in [6.45, 7) is 14.3. The molecule has 17 heavy (non-hydrogen) atoms.